The summed E-state index contributed by atoms with van der Waals surface area (Å²) in [6, 6.07) is 12.9. The van der Waals surface area contributed by atoms with Crippen LogP contribution in [-0.4, -0.2) is 16.6 Å². The molecule has 1 N–H and O–H groups in total. The minimum atomic E-state index is -4.52. The number of aromatic nitrogens is 1. The molecule has 3 rings (SSSR count). The van der Waals surface area contributed by atoms with E-state index in [4.69, 9.17) is 0 Å². The summed E-state index contributed by atoms with van der Waals surface area (Å²) in [4.78, 5) is 17.0. The van der Waals surface area contributed by atoms with Crippen molar-refractivity contribution in [1.82, 2.24) is 4.98 Å². The lowest BCUT2D eigenvalue weighted by Crippen LogP contribution is -2.18. The molecular formula is C21H19F3N2OS. The van der Waals surface area contributed by atoms with Gasteiger partial charge in [-0.15, -0.1) is 0 Å². The third kappa shape index (κ3) is 4.47. The van der Waals surface area contributed by atoms with Gasteiger partial charge in [-0.3, -0.25) is 4.79 Å². The van der Waals surface area contributed by atoms with Crippen LogP contribution < -0.4 is 5.32 Å². The predicted molar refractivity (Wildman–Crippen MR) is 107 cm³/mol. The van der Waals surface area contributed by atoms with Crippen LogP contribution in [-0.2, 0) is 17.4 Å². The van der Waals surface area contributed by atoms with Gasteiger partial charge in [-0.05, 0) is 42.7 Å². The molecule has 0 aliphatic heterocycles. The Hall–Kier alpha value is -2.54. The number of anilines is 1. The largest absolute Gasteiger partial charge is 0.418 e. The number of benzene rings is 2. The average molecular weight is 404 g/mol. The highest BCUT2D eigenvalue weighted by Gasteiger charge is 2.33. The van der Waals surface area contributed by atoms with E-state index in [1.54, 1.807) is 0 Å². The maximum atomic E-state index is 13.1. The number of fused-ring (bicyclic) bond motifs is 1. The van der Waals surface area contributed by atoms with E-state index >= 15 is 0 Å². The molecule has 28 heavy (non-hydrogen) atoms. The number of hydrogen-bond acceptors (Lipinski definition) is 3. The molecule has 0 unspecified atom stereocenters. The van der Waals surface area contributed by atoms with E-state index in [1.165, 1.54) is 30.0 Å². The second kappa shape index (κ2) is 8.22. The third-order valence-electron chi connectivity index (χ3n) is 4.31. The molecule has 146 valence electrons. The van der Waals surface area contributed by atoms with Crippen LogP contribution in [0, 0.1) is 6.92 Å². The molecule has 0 atom stereocenters. The fourth-order valence-corrected chi connectivity index (χ4v) is 3.80. The zero-order valence-corrected chi connectivity index (χ0v) is 16.2. The Balaban J connectivity index is 1.78. The topological polar surface area (TPSA) is 42.0 Å². The highest BCUT2D eigenvalue weighted by molar-refractivity contribution is 8.00. The number of para-hydroxylation sites is 2. The molecule has 0 radical (unpaired) electrons. The molecule has 0 fully saturated rings. The van der Waals surface area contributed by atoms with Gasteiger partial charge in [-0.1, -0.05) is 49.0 Å². The predicted octanol–water partition coefficient (Wildman–Crippen LogP) is 5.86. The maximum absolute atomic E-state index is 13.1. The number of alkyl halides is 3. The van der Waals surface area contributed by atoms with Crippen LogP contribution in [0.1, 0.15) is 23.6 Å². The zero-order chi connectivity index (χ0) is 20.3. The Kier molecular flexibility index (Phi) is 5.93. The van der Waals surface area contributed by atoms with Gasteiger partial charge in [0.05, 0.1) is 22.5 Å². The molecule has 2 aromatic carbocycles. The van der Waals surface area contributed by atoms with Crippen molar-refractivity contribution in [2.45, 2.75) is 31.5 Å². The Morgan fingerprint density at radius 2 is 1.89 bits per heavy atom. The second-order valence-electron chi connectivity index (χ2n) is 6.33. The summed E-state index contributed by atoms with van der Waals surface area (Å²) < 4.78 is 39.2. The Bertz CT molecular complexity index is 1020. The summed E-state index contributed by atoms with van der Waals surface area (Å²) in [5.74, 6) is -0.528. The monoisotopic (exact) mass is 404 g/mol. The van der Waals surface area contributed by atoms with Crippen molar-refractivity contribution in [2.24, 2.45) is 0 Å². The summed E-state index contributed by atoms with van der Waals surface area (Å²) in [5.41, 5.74) is 1.81. The molecule has 0 aliphatic rings. The quantitative estimate of drug-likeness (QED) is 0.542. The van der Waals surface area contributed by atoms with E-state index in [0.717, 1.165) is 39.5 Å². The first-order valence-corrected chi connectivity index (χ1v) is 9.76. The van der Waals surface area contributed by atoms with Gasteiger partial charge in [-0.2, -0.15) is 13.2 Å². The Morgan fingerprint density at radius 3 is 2.61 bits per heavy atom. The van der Waals surface area contributed by atoms with Crippen LogP contribution in [0.25, 0.3) is 10.9 Å². The number of nitrogens with zero attached hydrogens (tertiary/aromatic N) is 1. The van der Waals surface area contributed by atoms with Gasteiger partial charge in [0, 0.05) is 5.39 Å². The number of carbonyl (C=O) groups excluding carboxylic acids is 1. The van der Waals surface area contributed by atoms with E-state index in [9.17, 15) is 18.0 Å². The first-order valence-electron chi connectivity index (χ1n) is 8.77. The van der Waals surface area contributed by atoms with Gasteiger partial charge in [-0.25, -0.2) is 4.98 Å². The summed E-state index contributed by atoms with van der Waals surface area (Å²) in [5, 5.41) is 4.12. The zero-order valence-electron chi connectivity index (χ0n) is 15.4. The minimum absolute atomic E-state index is 0.0242. The van der Waals surface area contributed by atoms with E-state index in [1.807, 2.05) is 32.0 Å². The van der Waals surface area contributed by atoms with Crippen LogP contribution in [0.5, 0.6) is 0 Å². The summed E-state index contributed by atoms with van der Waals surface area (Å²) in [7, 11) is 0. The number of carbonyl (C=O) groups is 1. The number of halogens is 3. The fourth-order valence-electron chi connectivity index (χ4n) is 2.91. The highest BCUT2D eigenvalue weighted by Crippen LogP contribution is 2.34. The van der Waals surface area contributed by atoms with Crippen molar-refractivity contribution in [2.75, 3.05) is 11.1 Å². The molecular weight excluding hydrogens is 385 g/mol. The van der Waals surface area contributed by atoms with Crippen LogP contribution in [0.15, 0.2) is 53.6 Å². The van der Waals surface area contributed by atoms with Gasteiger partial charge >= 0.3 is 6.18 Å². The lowest BCUT2D eigenvalue weighted by Gasteiger charge is -2.14. The number of nitrogens with one attached hydrogen (secondary N) is 1. The van der Waals surface area contributed by atoms with Crippen LogP contribution in [0.2, 0.25) is 0 Å². The molecule has 3 aromatic rings. The molecule has 3 nitrogen and oxygen atoms in total. The number of hydrogen-bond donors (Lipinski definition) is 1. The van der Waals surface area contributed by atoms with Crippen molar-refractivity contribution >= 4 is 34.3 Å². The smallest absolute Gasteiger partial charge is 0.325 e. The van der Waals surface area contributed by atoms with E-state index in [-0.39, 0.29) is 11.4 Å². The number of thioether (sulfide) groups is 1. The number of amides is 1. The Morgan fingerprint density at radius 1 is 1.14 bits per heavy atom. The third-order valence-corrected chi connectivity index (χ3v) is 5.35. The maximum Gasteiger partial charge on any atom is 0.418 e. The SMILES string of the molecule is CCc1cc2cccc(C)c2nc1SCC(=O)Nc1ccccc1C(F)(F)F. The molecule has 1 aromatic heterocycles. The molecule has 0 saturated heterocycles. The van der Waals surface area contributed by atoms with Crippen molar-refractivity contribution in [3.05, 3.63) is 65.2 Å². The van der Waals surface area contributed by atoms with Crippen molar-refractivity contribution in [3.8, 4) is 0 Å². The molecule has 0 spiro atoms. The van der Waals surface area contributed by atoms with Crippen molar-refractivity contribution < 1.29 is 18.0 Å². The average Bonchev–Trinajstić information content (AvgIpc) is 2.65. The number of aryl methyl sites for hydroxylation is 2. The van der Waals surface area contributed by atoms with Gasteiger partial charge in [0.15, 0.2) is 0 Å². The molecule has 1 heterocycles. The van der Waals surface area contributed by atoms with Gasteiger partial charge in [0.2, 0.25) is 5.91 Å². The van der Waals surface area contributed by atoms with Crippen molar-refractivity contribution in [3.63, 3.8) is 0 Å². The van der Waals surface area contributed by atoms with Gasteiger partial charge in [0.25, 0.3) is 0 Å². The molecule has 0 saturated carbocycles. The van der Waals surface area contributed by atoms with E-state index < -0.39 is 17.6 Å². The lowest BCUT2D eigenvalue weighted by molar-refractivity contribution is -0.137. The normalized spacial score (nSPS) is 11.6. The molecule has 7 heteroatoms. The fraction of sp³-hybridized carbons (Fsp3) is 0.238. The summed E-state index contributed by atoms with van der Waals surface area (Å²) in [6.45, 7) is 3.97. The van der Waals surface area contributed by atoms with E-state index in [0.29, 0.717) is 0 Å². The van der Waals surface area contributed by atoms with Crippen LogP contribution in [0.4, 0.5) is 18.9 Å². The standard InChI is InChI=1S/C21H19F3N2OS/c1-3-14-11-15-8-6-7-13(2)19(15)26-20(14)28-12-18(27)25-17-10-5-4-9-16(17)21(22,23)24/h4-11H,3,12H2,1-2H3,(H,25,27). The molecule has 0 aliphatic carbocycles. The van der Waals surface area contributed by atoms with Crippen LogP contribution >= 0.6 is 11.8 Å². The highest BCUT2D eigenvalue weighted by atomic mass is 32.2. The van der Waals surface area contributed by atoms with E-state index in [2.05, 4.69) is 16.4 Å². The minimum Gasteiger partial charge on any atom is -0.325 e. The molecule has 0 bridgehead atoms. The van der Waals surface area contributed by atoms with Gasteiger partial charge < -0.3 is 5.32 Å². The summed E-state index contributed by atoms with van der Waals surface area (Å²) >= 11 is 1.23. The van der Waals surface area contributed by atoms with Gasteiger partial charge in [0.1, 0.15) is 5.03 Å². The molecule has 1 amide bonds. The first kappa shape index (κ1) is 20.2. The number of rotatable bonds is 5. The van der Waals surface area contributed by atoms with Crippen molar-refractivity contribution in [1.29, 1.82) is 0 Å². The lowest BCUT2D eigenvalue weighted by atomic mass is 10.1. The second-order valence-corrected chi connectivity index (χ2v) is 7.30. The first-order chi connectivity index (χ1) is 13.3. The summed E-state index contributed by atoms with van der Waals surface area (Å²) in [6.07, 6.45) is -3.78. The number of pyridine rings is 1. The Labute approximate surface area is 165 Å². The van der Waals surface area contributed by atoms with Crippen LogP contribution in [0.3, 0.4) is 0 Å².